The van der Waals surface area contributed by atoms with Crippen LogP contribution in [-0.2, 0) is 25.1 Å². The van der Waals surface area contributed by atoms with Crippen molar-refractivity contribution in [2.45, 2.75) is 69.9 Å². The first-order valence-electron chi connectivity index (χ1n) is 11.1. The third-order valence-corrected chi connectivity index (χ3v) is 8.19. The molecule has 12 heteroatoms. The van der Waals surface area contributed by atoms with Crippen molar-refractivity contribution in [3.63, 3.8) is 0 Å². The van der Waals surface area contributed by atoms with E-state index in [0.29, 0.717) is 5.56 Å². The third kappa shape index (κ3) is 5.68. The predicted octanol–water partition coefficient (Wildman–Crippen LogP) is -0.399. The first-order chi connectivity index (χ1) is 15.9. The first-order valence-corrected chi connectivity index (χ1v) is 12.8. The van der Waals surface area contributed by atoms with Crippen molar-refractivity contribution in [2.75, 3.05) is 0 Å². The lowest BCUT2D eigenvalue weighted by Crippen LogP contribution is -2.56. The zero-order valence-corrected chi connectivity index (χ0v) is 20.1. The molecule has 1 aromatic heterocycles. The number of amides is 1. The SMILES string of the molecule is CC(C)C[C@H](NP1(=O)OC(C)C(O)C(O)C1O)C(=O)N[C@@H](Cc1c[nH]c2ccccc12)C(=O)[O-]. The zero-order chi connectivity index (χ0) is 25.2. The van der Waals surface area contributed by atoms with Gasteiger partial charge in [0, 0.05) is 23.5 Å². The highest BCUT2D eigenvalue weighted by atomic mass is 31.2. The Balaban J connectivity index is 1.79. The van der Waals surface area contributed by atoms with Gasteiger partial charge in [0.1, 0.15) is 12.2 Å². The Kier molecular flexibility index (Phi) is 8.18. The molecule has 0 bridgehead atoms. The van der Waals surface area contributed by atoms with Gasteiger partial charge in [-0.15, -0.1) is 0 Å². The molecule has 3 rings (SSSR count). The number of para-hydroxylation sites is 1. The fourth-order valence-electron chi connectivity index (χ4n) is 4.03. The van der Waals surface area contributed by atoms with E-state index in [2.05, 4.69) is 15.4 Å². The van der Waals surface area contributed by atoms with E-state index >= 15 is 0 Å². The number of carbonyl (C=O) groups is 2. The van der Waals surface area contributed by atoms with Gasteiger partial charge < -0.3 is 40.0 Å². The lowest BCUT2D eigenvalue weighted by molar-refractivity contribution is -0.308. The highest BCUT2D eigenvalue weighted by Gasteiger charge is 2.51. The van der Waals surface area contributed by atoms with Crippen LogP contribution >= 0.6 is 7.52 Å². The third-order valence-electron chi connectivity index (χ3n) is 5.87. The van der Waals surface area contributed by atoms with Gasteiger partial charge in [0.2, 0.25) is 5.91 Å². The first kappa shape index (κ1) is 26.3. The van der Waals surface area contributed by atoms with E-state index in [9.17, 15) is 34.6 Å². The van der Waals surface area contributed by atoms with Gasteiger partial charge in [-0.2, -0.15) is 0 Å². The van der Waals surface area contributed by atoms with Gasteiger partial charge in [-0.1, -0.05) is 32.0 Å². The maximum Gasteiger partial charge on any atom is 0.301 e. The molecule has 1 fully saturated rings. The summed E-state index contributed by atoms with van der Waals surface area (Å²) in [5.74, 6) is -4.32. The summed E-state index contributed by atoms with van der Waals surface area (Å²) >= 11 is 0. The van der Waals surface area contributed by atoms with Gasteiger partial charge in [-0.25, -0.2) is 5.09 Å². The Bertz CT molecular complexity index is 1070. The number of aliphatic hydroxyl groups is 3. The number of hydrogen-bond acceptors (Lipinski definition) is 8. The van der Waals surface area contributed by atoms with Crippen LogP contribution in [0.4, 0.5) is 0 Å². The Morgan fingerprint density at radius 3 is 2.50 bits per heavy atom. The molecule has 1 saturated heterocycles. The van der Waals surface area contributed by atoms with Gasteiger partial charge in [0.25, 0.3) is 0 Å². The molecule has 0 spiro atoms. The summed E-state index contributed by atoms with van der Waals surface area (Å²) < 4.78 is 18.6. The van der Waals surface area contributed by atoms with Crippen molar-refractivity contribution in [2.24, 2.45) is 5.92 Å². The van der Waals surface area contributed by atoms with Gasteiger partial charge in [-0.05, 0) is 30.9 Å². The minimum Gasteiger partial charge on any atom is -0.548 e. The van der Waals surface area contributed by atoms with E-state index in [1.165, 1.54) is 6.92 Å². The summed E-state index contributed by atoms with van der Waals surface area (Å²) in [6.07, 6.45) is -2.54. The number of nitrogens with one attached hydrogen (secondary N) is 3. The van der Waals surface area contributed by atoms with Gasteiger partial charge in [0.15, 0.2) is 5.85 Å². The van der Waals surface area contributed by atoms with Crippen LogP contribution < -0.4 is 15.5 Å². The monoisotopic (exact) mass is 496 g/mol. The number of aromatic amines is 1. The van der Waals surface area contributed by atoms with Crippen LogP contribution in [0.2, 0.25) is 0 Å². The highest BCUT2D eigenvalue weighted by molar-refractivity contribution is 7.57. The van der Waals surface area contributed by atoms with Crippen LogP contribution in [0.5, 0.6) is 0 Å². The Labute approximate surface area is 197 Å². The van der Waals surface area contributed by atoms with E-state index in [0.717, 1.165) is 10.9 Å². The van der Waals surface area contributed by atoms with Crippen molar-refractivity contribution in [1.82, 2.24) is 15.4 Å². The van der Waals surface area contributed by atoms with Gasteiger partial charge in [0.05, 0.1) is 24.2 Å². The average molecular weight is 496 g/mol. The minimum absolute atomic E-state index is 0.0504. The summed E-state index contributed by atoms with van der Waals surface area (Å²) in [4.78, 5) is 28.0. The number of carbonyl (C=O) groups excluding carboxylic acids is 2. The van der Waals surface area contributed by atoms with Crippen LogP contribution in [0.15, 0.2) is 30.5 Å². The van der Waals surface area contributed by atoms with Crippen molar-refractivity contribution >= 4 is 30.3 Å². The molecule has 2 aromatic rings. The largest absolute Gasteiger partial charge is 0.548 e. The van der Waals surface area contributed by atoms with Crippen molar-refractivity contribution in [1.29, 1.82) is 0 Å². The molecule has 34 heavy (non-hydrogen) atoms. The maximum absolute atomic E-state index is 13.3. The standard InChI is InChI=1S/C22H32N3O8P/c1-11(2)8-16(25-34(32)22(31)19(27)18(26)12(3)33-34)20(28)24-17(21(29)30)9-13-10-23-15-7-5-4-6-14(13)15/h4-7,10-12,16-19,22-23,26-27,31H,8-9H2,1-3H3,(H,24,28)(H,25,32)(H,29,30)/p-1/t12?,16-,17-,18?,19?,22?,34?/m0/s1. The second-order valence-corrected chi connectivity index (χ2v) is 11.2. The molecule has 0 aliphatic carbocycles. The molecule has 1 amide bonds. The van der Waals surface area contributed by atoms with Gasteiger partial charge >= 0.3 is 7.52 Å². The Morgan fingerprint density at radius 1 is 1.18 bits per heavy atom. The molecule has 5 unspecified atom stereocenters. The molecule has 1 aliphatic heterocycles. The zero-order valence-electron chi connectivity index (χ0n) is 19.2. The number of aliphatic hydroxyl groups excluding tert-OH is 3. The number of benzene rings is 1. The molecular formula is C22H31N3O8P-. The quantitative estimate of drug-likeness (QED) is 0.251. The second-order valence-electron chi connectivity index (χ2n) is 9.06. The number of carboxylic acids is 1. The fourth-order valence-corrected chi connectivity index (χ4v) is 6.22. The van der Waals surface area contributed by atoms with E-state index in [1.807, 2.05) is 24.3 Å². The number of hydrogen-bond donors (Lipinski definition) is 6. The number of fused-ring (bicyclic) bond motifs is 1. The van der Waals surface area contributed by atoms with Crippen molar-refractivity contribution in [3.8, 4) is 0 Å². The second kappa shape index (κ2) is 10.6. The molecule has 6 N–H and O–H groups in total. The molecule has 11 nitrogen and oxygen atoms in total. The Hall–Kier alpha value is -2.27. The molecule has 2 heterocycles. The Morgan fingerprint density at radius 2 is 1.85 bits per heavy atom. The lowest BCUT2D eigenvalue weighted by Gasteiger charge is -2.40. The van der Waals surface area contributed by atoms with E-state index in [1.54, 1.807) is 20.0 Å². The molecule has 1 aliphatic rings. The number of aromatic nitrogens is 1. The minimum atomic E-state index is -4.21. The van der Waals surface area contributed by atoms with Crippen molar-refractivity contribution < 1.29 is 39.1 Å². The van der Waals surface area contributed by atoms with E-state index < -0.39 is 55.6 Å². The molecule has 7 atom stereocenters. The lowest BCUT2D eigenvalue weighted by atomic mass is 10.0. The van der Waals surface area contributed by atoms with Crippen LogP contribution in [-0.4, -0.2) is 68.4 Å². The number of aliphatic carboxylic acids is 1. The van der Waals surface area contributed by atoms with Crippen LogP contribution in [0.3, 0.4) is 0 Å². The van der Waals surface area contributed by atoms with E-state index in [4.69, 9.17) is 4.52 Å². The summed E-state index contributed by atoms with van der Waals surface area (Å²) in [5, 5.41) is 47.8. The number of H-pyrrole nitrogens is 1. The highest BCUT2D eigenvalue weighted by Crippen LogP contribution is 2.54. The summed E-state index contributed by atoms with van der Waals surface area (Å²) in [5.41, 5.74) is 1.49. The molecular weight excluding hydrogens is 465 g/mol. The molecule has 0 saturated carbocycles. The van der Waals surface area contributed by atoms with Crippen molar-refractivity contribution in [3.05, 3.63) is 36.0 Å². The van der Waals surface area contributed by atoms with Crippen LogP contribution in [0.1, 0.15) is 32.8 Å². The summed E-state index contributed by atoms with van der Waals surface area (Å²) in [7, 11) is -4.21. The summed E-state index contributed by atoms with van der Waals surface area (Å²) in [6.45, 7) is 4.98. The molecule has 1 aromatic carbocycles. The summed E-state index contributed by atoms with van der Waals surface area (Å²) in [6, 6.07) is 4.73. The molecule has 188 valence electrons. The van der Waals surface area contributed by atoms with Crippen LogP contribution in [0.25, 0.3) is 10.9 Å². The smallest absolute Gasteiger partial charge is 0.301 e. The average Bonchev–Trinajstić information content (AvgIpc) is 3.18. The van der Waals surface area contributed by atoms with Gasteiger partial charge in [-0.3, -0.25) is 9.36 Å². The maximum atomic E-state index is 13.3. The number of rotatable bonds is 9. The topological polar surface area (TPSA) is 184 Å². The van der Waals surface area contributed by atoms with Crippen LogP contribution in [0, 0.1) is 5.92 Å². The normalized spacial score (nSPS) is 29.1. The fraction of sp³-hybridized carbons (Fsp3) is 0.545. The predicted molar refractivity (Wildman–Crippen MR) is 121 cm³/mol. The van der Waals surface area contributed by atoms with E-state index in [-0.39, 0.29) is 18.8 Å². The molecule has 0 radical (unpaired) electrons. The number of carboxylic acid groups (broad SMARTS) is 1.